The largest absolute Gasteiger partial charge is 0.316 e. The van der Waals surface area contributed by atoms with Crippen molar-refractivity contribution in [3.8, 4) is 0 Å². The first-order valence-electron chi connectivity index (χ1n) is 2.43. The Balaban J connectivity index is 0. The van der Waals surface area contributed by atoms with Crippen LogP contribution in [-0.4, -0.2) is 9.69 Å². The summed E-state index contributed by atoms with van der Waals surface area (Å²) in [6.07, 6.45) is 0.745. The number of thiocarbonyl (C=S) groups is 1. The molecule has 0 rings (SSSR count). The molecule has 56 valence electrons. The van der Waals surface area contributed by atoms with E-state index in [4.69, 9.17) is 11.5 Å². The minimum absolute atomic E-state index is 0.116. The van der Waals surface area contributed by atoms with Gasteiger partial charge in [0.05, 0.1) is 9.69 Å². The lowest BCUT2D eigenvalue weighted by Crippen LogP contribution is -2.28. The first-order valence-corrected chi connectivity index (χ1v) is 3.74. The average molecular weight is 184 g/mol. The average Bonchev–Trinajstić information content (AvgIpc) is 1.65. The van der Waals surface area contributed by atoms with E-state index in [1.807, 2.05) is 6.92 Å². The highest BCUT2D eigenvalue weighted by Gasteiger charge is 1.79. The zero-order valence-corrected chi connectivity index (χ0v) is 7.85. The highest BCUT2D eigenvalue weighted by atomic mass is 32.2. The molecule has 0 radical (unpaired) electrons. The molecule has 5 heteroatoms. The minimum atomic E-state index is -0.116. The molecule has 9 heavy (non-hydrogen) atoms. The standard InChI is InChI=1S/C3H10N2.CH2S3/c1-2-3(4)5;2-1(3)4/h3H,2,4-5H2,1H3;(H2,2,3,4). The lowest BCUT2D eigenvalue weighted by Gasteiger charge is -1.92. The fraction of sp³-hybridized carbons (Fsp3) is 0.750. The van der Waals surface area contributed by atoms with Gasteiger partial charge in [-0.15, -0.1) is 25.3 Å². The number of hydrogen-bond acceptors (Lipinski definition) is 3. The summed E-state index contributed by atoms with van der Waals surface area (Å²) in [4.78, 5) is 0. The predicted molar refractivity (Wildman–Crippen MR) is 53.0 cm³/mol. The lowest BCUT2D eigenvalue weighted by atomic mass is 10.4. The molecule has 0 aromatic heterocycles. The second-order valence-corrected chi connectivity index (χ2v) is 3.62. The molecule has 0 fully saturated rings. The molecule has 0 aliphatic rings. The summed E-state index contributed by atoms with van der Waals surface area (Å²) >= 11 is 11.4. The third kappa shape index (κ3) is 53.4. The molecule has 0 aliphatic heterocycles. The summed E-state index contributed by atoms with van der Waals surface area (Å²) in [6, 6.07) is 0. The van der Waals surface area contributed by atoms with Crippen LogP contribution in [0.15, 0.2) is 0 Å². The zero-order chi connectivity index (χ0) is 7.86. The first kappa shape index (κ1) is 12.4. The molecule has 0 spiro atoms. The summed E-state index contributed by atoms with van der Waals surface area (Å²) in [5, 5.41) is 0. The third-order valence-electron chi connectivity index (χ3n) is 0.471. The number of hydrogen-bond donors (Lipinski definition) is 4. The summed E-state index contributed by atoms with van der Waals surface area (Å²) in [7, 11) is 0. The Morgan fingerprint density at radius 2 is 1.67 bits per heavy atom. The van der Waals surface area contributed by atoms with E-state index in [1.165, 1.54) is 0 Å². The molecular weight excluding hydrogens is 172 g/mol. The van der Waals surface area contributed by atoms with Crippen LogP contribution in [0.4, 0.5) is 0 Å². The SMILES string of the molecule is CCC(N)N.S=C(S)S. The Bertz CT molecular complexity index is 70.2. The Hall–Kier alpha value is 0.710. The van der Waals surface area contributed by atoms with E-state index in [2.05, 4.69) is 37.5 Å². The van der Waals surface area contributed by atoms with Crippen molar-refractivity contribution in [1.29, 1.82) is 0 Å². The molecule has 4 N–H and O–H groups in total. The monoisotopic (exact) mass is 184 g/mol. The molecule has 0 atom stereocenters. The highest BCUT2D eigenvalue weighted by Crippen LogP contribution is 1.83. The molecule has 0 saturated carbocycles. The molecule has 0 unspecified atom stereocenters. The third-order valence-corrected chi connectivity index (χ3v) is 0.471. The van der Waals surface area contributed by atoms with E-state index in [9.17, 15) is 0 Å². The van der Waals surface area contributed by atoms with E-state index < -0.39 is 0 Å². The van der Waals surface area contributed by atoms with Gasteiger partial charge >= 0.3 is 0 Å². The van der Waals surface area contributed by atoms with Crippen molar-refractivity contribution in [1.82, 2.24) is 0 Å². The van der Waals surface area contributed by atoms with Gasteiger partial charge in [0.2, 0.25) is 0 Å². The van der Waals surface area contributed by atoms with Gasteiger partial charge in [-0.05, 0) is 6.42 Å². The summed E-state index contributed by atoms with van der Waals surface area (Å²) < 4.78 is 0.389. The van der Waals surface area contributed by atoms with Crippen molar-refractivity contribution in [2.75, 3.05) is 0 Å². The second-order valence-electron chi connectivity index (χ2n) is 1.35. The van der Waals surface area contributed by atoms with Gasteiger partial charge in [0, 0.05) is 0 Å². The molecule has 0 aromatic rings. The first-order chi connectivity index (χ1) is 4.00. The van der Waals surface area contributed by atoms with Crippen LogP contribution in [0, 0.1) is 0 Å². The Kier molecular flexibility index (Phi) is 12.0. The number of nitrogens with two attached hydrogens (primary N) is 2. The van der Waals surface area contributed by atoms with Crippen LogP contribution >= 0.6 is 37.5 Å². The van der Waals surface area contributed by atoms with Crippen LogP contribution in [0.2, 0.25) is 0 Å². The molecule has 0 heterocycles. The molecule has 0 aliphatic carbocycles. The van der Waals surface area contributed by atoms with Crippen molar-refractivity contribution in [2.45, 2.75) is 19.5 Å². The van der Waals surface area contributed by atoms with Gasteiger partial charge in [0.15, 0.2) is 0 Å². The molecule has 0 amide bonds. The van der Waals surface area contributed by atoms with Crippen molar-refractivity contribution in [3.63, 3.8) is 0 Å². The maximum atomic E-state index is 5.07. The van der Waals surface area contributed by atoms with Gasteiger partial charge in [0.1, 0.15) is 0 Å². The summed E-state index contributed by atoms with van der Waals surface area (Å²) in [6.45, 7) is 1.95. The van der Waals surface area contributed by atoms with Crippen molar-refractivity contribution in [3.05, 3.63) is 0 Å². The van der Waals surface area contributed by atoms with Crippen LogP contribution in [0.25, 0.3) is 0 Å². The van der Waals surface area contributed by atoms with Gasteiger partial charge in [-0.1, -0.05) is 19.1 Å². The fourth-order valence-corrected chi connectivity index (χ4v) is 0. The lowest BCUT2D eigenvalue weighted by molar-refractivity contribution is 0.682. The second kappa shape index (κ2) is 8.71. The Morgan fingerprint density at radius 1 is 1.56 bits per heavy atom. The molecule has 0 saturated heterocycles. The smallest absolute Gasteiger partial charge is 0.0976 e. The quantitative estimate of drug-likeness (QED) is 0.277. The molecule has 0 bridgehead atoms. The van der Waals surface area contributed by atoms with Gasteiger partial charge < -0.3 is 11.5 Å². The van der Waals surface area contributed by atoms with Crippen molar-refractivity contribution >= 4 is 41.0 Å². The summed E-state index contributed by atoms with van der Waals surface area (Å²) in [5.74, 6) is 0. The van der Waals surface area contributed by atoms with Crippen LogP contribution in [0.3, 0.4) is 0 Å². The van der Waals surface area contributed by atoms with E-state index in [-0.39, 0.29) is 6.17 Å². The zero-order valence-electron chi connectivity index (χ0n) is 5.24. The maximum Gasteiger partial charge on any atom is 0.0976 e. The van der Waals surface area contributed by atoms with E-state index >= 15 is 0 Å². The minimum Gasteiger partial charge on any atom is -0.316 e. The van der Waals surface area contributed by atoms with Gasteiger partial charge in [0.25, 0.3) is 0 Å². The van der Waals surface area contributed by atoms with Gasteiger partial charge in [-0.2, -0.15) is 0 Å². The van der Waals surface area contributed by atoms with Crippen LogP contribution in [0.5, 0.6) is 0 Å². The number of thiol groups is 2. The van der Waals surface area contributed by atoms with Gasteiger partial charge in [-0.3, -0.25) is 0 Å². The molecule has 0 aromatic carbocycles. The molecule has 2 nitrogen and oxygen atoms in total. The van der Waals surface area contributed by atoms with Crippen molar-refractivity contribution in [2.24, 2.45) is 11.5 Å². The van der Waals surface area contributed by atoms with Crippen LogP contribution < -0.4 is 11.5 Å². The predicted octanol–water partition coefficient (Wildman–Crippen LogP) is 0.771. The highest BCUT2D eigenvalue weighted by molar-refractivity contribution is 8.34. The van der Waals surface area contributed by atoms with Crippen LogP contribution in [-0.2, 0) is 0 Å². The van der Waals surface area contributed by atoms with E-state index in [1.54, 1.807) is 0 Å². The van der Waals surface area contributed by atoms with Crippen LogP contribution in [0.1, 0.15) is 13.3 Å². The summed E-state index contributed by atoms with van der Waals surface area (Å²) in [5.41, 5.74) is 10.1. The Morgan fingerprint density at radius 3 is 1.67 bits per heavy atom. The van der Waals surface area contributed by atoms with Gasteiger partial charge in [-0.25, -0.2) is 0 Å². The topological polar surface area (TPSA) is 52.0 Å². The maximum absolute atomic E-state index is 5.07. The molecular formula is C4H12N2S3. The normalized spacial score (nSPS) is 8.22. The van der Waals surface area contributed by atoms with Crippen molar-refractivity contribution < 1.29 is 0 Å². The fourth-order valence-electron chi connectivity index (χ4n) is 0. The van der Waals surface area contributed by atoms with E-state index in [0.29, 0.717) is 3.53 Å². The van der Waals surface area contributed by atoms with E-state index in [0.717, 1.165) is 6.42 Å². The Labute approximate surface area is 72.2 Å². The number of rotatable bonds is 1.